The van der Waals surface area contributed by atoms with Gasteiger partial charge in [0.2, 0.25) is 5.91 Å². The van der Waals surface area contributed by atoms with Crippen molar-refractivity contribution in [3.63, 3.8) is 0 Å². The molecule has 1 aromatic carbocycles. The van der Waals surface area contributed by atoms with E-state index in [4.69, 9.17) is 11.6 Å². The number of carbonyl (C=O) groups is 2. The Morgan fingerprint density at radius 1 is 1.14 bits per heavy atom. The maximum absolute atomic E-state index is 12.7. The van der Waals surface area contributed by atoms with Gasteiger partial charge in [-0.25, -0.2) is 0 Å². The number of H-pyrrole nitrogens is 1. The predicted molar refractivity (Wildman–Crippen MR) is 111 cm³/mol. The molecule has 2 amide bonds. The van der Waals surface area contributed by atoms with Gasteiger partial charge in [-0.2, -0.15) is 0 Å². The van der Waals surface area contributed by atoms with Crippen LogP contribution >= 0.6 is 11.6 Å². The summed E-state index contributed by atoms with van der Waals surface area (Å²) in [6, 6.07) is 7.49. The van der Waals surface area contributed by atoms with Crippen molar-refractivity contribution in [2.75, 3.05) is 6.54 Å². The van der Waals surface area contributed by atoms with E-state index in [1.54, 1.807) is 12.1 Å². The van der Waals surface area contributed by atoms with Gasteiger partial charge in [-0.3, -0.25) is 14.5 Å². The van der Waals surface area contributed by atoms with Crippen LogP contribution in [0.25, 0.3) is 10.9 Å². The van der Waals surface area contributed by atoms with E-state index < -0.39 is 0 Å². The maximum Gasteiger partial charge on any atom is 0.268 e. The standard InChI is InChI=1S/C21H27ClN4O2/c1-12(13(2)24-21(28)19-4-3-9-26(19)16-6-7-16)23-20(27)18-11-14-10-15(22)5-8-17(14)25-18/h5,8,10-13,16,19,25H,3-4,6-7,9H2,1-2H3,(H,23,27)(H,24,28). The molecule has 6 nitrogen and oxygen atoms in total. The molecule has 1 aliphatic carbocycles. The molecule has 1 saturated heterocycles. The first kappa shape index (κ1) is 19.3. The average Bonchev–Trinajstić information content (AvgIpc) is 3.22. The van der Waals surface area contributed by atoms with Crippen LogP contribution in [0.4, 0.5) is 0 Å². The van der Waals surface area contributed by atoms with Crippen LogP contribution < -0.4 is 10.6 Å². The maximum atomic E-state index is 12.7. The molecule has 3 atom stereocenters. The first-order chi connectivity index (χ1) is 13.4. The number of aromatic nitrogens is 1. The molecule has 150 valence electrons. The van der Waals surface area contributed by atoms with E-state index in [0.717, 1.165) is 30.3 Å². The number of aromatic amines is 1. The fourth-order valence-electron chi connectivity index (χ4n) is 3.99. The Balaban J connectivity index is 1.34. The zero-order valence-electron chi connectivity index (χ0n) is 16.3. The second-order valence-corrected chi connectivity index (χ2v) is 8.54. The average molecular weight is 403 g/mol. The summed E-state index contributed by atoms with van der Waals surface area (Å²) in [4.78, 5) is 30.8. The Labute approximate surface area is 170 Å². The van der Waals surface area contributed by atoms with E-state index in [0.29, 0.717) is 16.8 Å². The van der Waals surface area contributed by atoms with Crippen LogP contribution in [0, 0.1) is 0 Å². The second kappa shape index (κ2) is 7.76. The highest BCUT2D eigenvalue weighted by atomic mass is 35.5. The second-order valence-electron chi connectivity index (χ2n) is 8.10. The highest BCUT2D eigenvalue weighted by Crippen LogP contribution is 2.33. The third kappa shape index (κ3) is 4.03. The summed E-state index contributed by atoms with van der Waals surface area (Å²) in [5.41, 5.74) is 1.35. The number of benzene rings is 1. The minimum atomic E-state index is -0.193. The first-order valence-electron chi connectivity index (χ1n) is 10.1. The number of amides is 2. The lowest BCUT2D eigenvalue weighted by molar-refractivity contribution is -0.126. The molecule has 7 heteroatoms. The number of likely N-dealkylation sites (tertiary alicyclic amines) is 1. The largest absolute Gasteiger partial charge is 0.351 e. The van der Waals surface area contributed by atoms with Crippen molar-refractivity contribution in [3.8, 4) is 0 Å². The molecular weight excluding hydrogens is 376 g/mol. The molecule has 3 N–H and O–H groups in total. The molecule has 0 spiro atoms. The fourth-order valence-corrected chi connectivity index (χ4v) is 4.18. The molecular formula is C21H27ClN4O2. The summed E-state index contributed by atoms with van der Waals surface area (Å²) in [6.45, 7) is 4.87. The fraction of sp³-hybridized carbons (Fsp3) is 0.524. The number of rotatable bonds is 6. The van der Waals surface area contributed by atoms with Gasteiger partial charge in [-0.1, -0.05) is 11.6 Å². The molecule has 1 aromatic heterocycles. The zero-order valence-corrected chi connectivity index (χ0v) is 17.1. The van der Waals surface area contributed by atoms with Crippen molar-refractivity contribution in [1.29, 1.82) is 0 Å². The van der Waals surface area contributed by atoms with Gasteiger partial charge in [0.1, 0.15) is 5.69 Å². The third-order valence-electron chi connectivity index (χ3n) is 5.92. The number of hydrogen-bond acceptors (Lipinski definition) is 3. The minimum absolute atomic E-state index is 0.0173. The summed E-state index contributed by atoms with van der Waals surface area (Å²) in [6.07, 6.45) is 4.43. The van der Waals surface area contributed by atoms with Crippen molar-refractivity contribution >= 4 is 34.3 Å². The summed E-state index contributed by atoms with van der Waals surface area (Å²) >= 11 is 6.01. The lowest BCUT2D eigenvalue weighted by atomic mass is 10.1. The number of carbonyl (C=O) groups excluding carboxylic acids is 2. The molecule has 2 aliphatic rings. The predicted octanol–water partition coefficient (Wildman–Crippen LogP) is 3.07. The minimum Gasteiger partial charge on any atom is -0.351 e. The van der Waals surface area contributed by atoms with Gasteiger partial charge < -0.3 is 15.6 Å². The van der Waals surface area contributed by atoms with Crippen molar-refractivity contribution in [2.24, 2.45) is 0 Å². The smallest absolute Gasteiger partial charge is 0.268 e. The summed E-state index contributed by atoms with van der Waals surface area (Å²) in [5, 5.41) is 7.62. The van der Waals surface area contributed by atoms with Crippen LogP contribution in [-0.2, 0) is 4.79 Å². The van der Waals surface area contributed by atoms with E-state index >= 15 is 0 Å². The van der Waals surface area contributed by atoms with Crippen molar-refractivity contribution in [3.05, 3.63) is 35.0 Å². The van der Waals surface area contributed by atoms with Crippen LogP contribution in [0.5, 0.6) is 0 Å². The molecule has 2 aromatic rings. The molecule has 28 heavy (non-hydrogen) atoms. The molecule has 2 fully saturated rings. The molecule has 2 heterocycles. The normalized spacial score (nSPS) is 22.2. The van der Waals surface area contributed by atoms with Crippen LogP contribution in [0.2, 0.25) is 5.02 Å². The Kier molecular flexibility index (Phi) is 5.34. The van der Waals surface area contributed by atoms with Gasteiger partial charge in [0.15, 0.2) is 0 Å². The quantitative estimate of drug-likeness (QED) is 0.694. The number of nitrogens with zero attached hydrogens (tertiary/aromatic N) is 1. The van der Waals surface area contributed by atoms with Crippen LogP contribution in [0.15, 0.2) is 24.3 Å². The van der Waals surface area contributed by atoms with E-state index in [1.807, 2.05) is 26.0 Å². The SMILES string of the molecule is CC(NC(=O)c1cc2cc(Cl)ccc2[nH]1)C(C)NC(=O)C1CCCN1C1CC1. The Morgan fingerprint density at radius 3 is 2.64 bits per heavy atom. The van der Waals surface area contributed by atoms with Gasteiger partial charge in [0, 0.05) is 34.1 Å². The molecule has 0 radical (unpaired) electrons. The van der Waals surface area contributed by atoms with Crippen molar-refractivity contribution in [1.82, 2.24) is 20.5 Å². The Morgan fingerprint density at radius 2 is 1.89 bits per heavy atom. The third-order valence-corrected chi connectivity index (χ3v) is 6.15. The molecule has 1 aliphatic heterocycles. The first-order valence-corrected chi connectivity index (χ1v) is 10.5. The van der Waals surface area contributed by atoms with Crippen LogP contribution in [0.1, 0.15) is 50.0 Å². The Hall–Kier alpha value is -2.05. The van der Waals surface area contributed by atoms with Crippen LogP contribution in [-0.4, -0.2) is 52.4 Å². The van der Waals surface area contributed by atoms with Gasteiger partial charge in [0.05, 0.1) is 6.04 Å². The lowest BCUT2D eigenvalue weighted by Crippen LogP contribution is -2.53. The monoisotopic (exact) mass is 402 g/mol. The summed E-state index contributed by atoms with van der Waals surface area (Å²) < 4.78 is 0. The van der Waals surface area contributed by atoms with Gasteiger partial charge >= 0.3 is 0 Å². The molecule has 1 saturated carbocycles. The van der Waals surface area contributed by atoms with Crippen molar-refractivity contribution in [2.45, 2.75) is 63.7 Å². The summed E-state index contributed by atoms with van der Waals surface area (Å²) in [5.74, 6) is -0.111. The number of fused-ring (bicyclic) bond motifs is 1. The van der Waals surface area contributed by atoms with E-state index in [-0.39, 0.29) is 29.9 Å². The summed E-state index contributed by atoms with van der Waals surface area (Å²) in [7, 11) is 0. The number of halogens is 1. The zero-order chi connectivity index (χ0) is 19.8. The lowest BCUT2D eigenvalue weighted by Gasteiger charge is -2.27. The topological polar surface area (TPSA) is 77.2 Å². The van der Waals surface area contributed by atoms with E-state index in [9.17, 15) is 9.59 Å². The van der Waals surface area contributed by atoms with Gasteiger partial charge in [0.25, 0.3) is 5.91 Å². The van der Waals surface area contributed by atoms with Gasteiger partial charge in [-0.15, -0.1) is 0 Å². The number of hydrogen-bond donors (Lipinski definition) is 3. The number of nitrogens with one attached hydrogen (secondary N) is 3. The van der Waals surface area contributed by atoms with E-state index in [1.165, 1.54) is 12.8 Å². The molecule has 4 rings (SSSR count). The van der Waals surface area contributed by atoms with E-state index in [2.05, 4.69) is 20.5 Å². The Bertz CT molecular complexity index is 892. The highest BCUT2D eigenvalue weighted by Gasteiger charge is 2.40. The van der Waals surface area contributed by atoms with Crippen molar-refractivity contribution < 1.29 is 9.59 Å². The molecule has 0 bridgehead atoms. The highest BCUT2D eigenvalue weighted by molar-refractivity contribution is 6.31. The molecule has 3 unspecified atom stereocenters. The van der Waals surface area contributed by atoms with Crippen LogP contribution in [0.3, 0.4) is 0 Å². The van der Waals surface area contributed by atoms with Gasteiger partial charge in [-0.05, 0) is 70.3 Å².